The molecule has 1 aliphatic rings. The third-order valence-corrected chi connectivity index (χ3v) is 5.05. The van der Waals surface area contributed by atoms with Crippen LogP contribution in [0.25, 0.3) is 11.0 Å². The first-order chi connectivity index (χ1) is 13.3. The van der Waals surface area contributed by atoms with E-state index in [1.54, 1.807) is 10.9 Å². The summed E-state index contributed by atoms with van der Waals surface area (Å²) in [5.74, 6) is 1.00. The van der Waals surface area contributed by atoms with Crippen molar-refractivity contribution in [3.05, 3.63) is 41.0 Å². The third-order valence-electron chi connectivity index (χ3n) is 5.05. The van der Waals surface area contributed by atoms with Crippen molar-refractivity contribution < 1.29 is 13.2 Å². The number of anilines is 1. The second-order valence-corrected chi connectivity index (χ2v) is 6.90. The van der Waals surface area contributed by atoms with Crippen molar-refractivity contribution >= 4 is 16.9 Å². The molecule has 4 rings (SSSR count). The van der Waals surface area contributed by atoms with E-state index >= 15 is 0 Å². The molecule has 0 aliphatic carbocycles. The van der Waals surface area contributed by atoms with Gasteiger partial charge in [0.1, 0.15) is 12.1 Å². The van der Waals surface area contributed by atoms with Gasteiger partial charge in [-0.25, -0.2) is 15.0 Å². The van der Waals surface area contributed by atoms with Crippen molar-refractivity contribution in [3.8, 4) is 0 Å². The smallest absolute Gasteiger partial charge is 0.356 e. The van der Waals surface area contributed by atoms with Gasteiger partial charge in [-0.05, 0) is 18.8 Å². The Hall–Kier alpha value is -2.98. The maximum absolute atomic E-state index is 12.6. The predicted octanol–water partition coefficient (Wildman–Crippen LogP) is 1.86. The van der Waals surface area contributed by atoms with Crippen LogP contribution < -0.4 is 10.5 Å². The minimum Gasteiger partial charge on any atom is -0.356 e. The lowest BCUT2D eigenvalue weighted by Crippen LogP contribution is -2.37. The van der Waals surface area contributed by atoms with Crippen LogP contribution in [0.5, 0.6) is 0 Å². The van der Waals surface area contributed by atoms with Gasteiger partial charge in [-0.3, -0.25) is 14.0 Å². The molecule has 0 radical (unpaired) electrons. The normalized spacial score (nSPS) is 16.1. The van der Waals surface area contributed by atoms with E-state index in [2.05, 4.69) is 25.0 Å². The SMILES string of the molecule is Cn1ncc2c(N3CCC(Cn4cnc(C(F)(F)F)cc4=O)CC3)ncnc21. The maximum atomic E-state index is 12.6. The summed E-state index contributed by atoms with van der Waals surface area (Å²) in [6.45, 7) is 1.81. The Morgan fingerprint density at radius 3 is 2.61 bits per heavy atom. The van der Waals surface area contributed by atoms with Gasteiger partial charge in [-0.15, -0.1) is 0 Å². The van der Waals surface area contributed by atoms with Crippen molar-refractivity contribution in [2.75, 3.05) is 18.0 Å². The number of hydrogen-bond acceptors (Lipinski definition) is 6. The number of nitrogens with zero attached hydrogens (tertiary/aromatic N) is 7. The Kier molecular flexibility index (Phi) is 4.52. The molecule has 0 amide bonds. The molecule has 0 aromatic carbocycles. The molecule has 11 heteroatoms. The summed E-state index contributed by atoms with van der Waals surface area (Å²) < 4.78 is 40.9. The largest absolute Gasteiger partial charge is 0.433 e. The van der Waals surface area contributed by atoms with Gasteiger partial charge in [-0.2, -0.15) is 18.3 Å². The molecule has 1 saturated heterocycles. The van der Waals surface area contributed by atoms with E-state index < -0.39 is 17.4 Å². The van der Waals surface area contributed by atoms with E-state index in [0.29, 0.717) is 12.6 Å². The van der Waals surface area contributed by atoms with Gasteiger partial charge in [0, 0.05) is 32.7 Å². The first-order valence-corrected chi connectivity index (χ1v) is 8.84. The average Bonchev–Trinajstić information content (AvgIpc) is 3.04. The summed E-state index contributed by atoms with van der Waals surface area (Å²) >= 11 is 0. The van der Waals surface area contributed by atoms with E-state index in [4.69, 9.17) is 0 Å². The lowest BCUT2D eigenvalue weighted by Gasteiger charge is -2.33. The fourth-order valence-corrected chi connectivity index (χ4v) is 3.53. The van der Waals surface area contributed by atoms with Crippen molar-refractivity contribution in [2.24, 2.45) is 13.0 Å². The molecule has 4 heterocycles. The molecule has 0 atom stereocenters. The summed E-state index contributed by atoms with van der Waals surface area (Å²) in [5, 5.41) is 5.10. The number of aromatic nitrogens is 6. The topological polar surface area (TPSA) is 81.7 Å². The molecule has 0 bridgehead atoms. The molecule has 3 aromatic rings. The Morgan fingerprint density at radius 2 is 1.93 bits per heavy atom. The highest BCUT2D eigenvalue weighted by Gasteiger charge is 2.33. The molecular formula is C17H18F3N7O. The summed E-state index contributed by atoms with van der Waals surface area (Å²) in [7, 11) is 1.82. The van der Waals surface area contributed by atoms with Crippen LogP contribution in [0.2, 0.25) is 0 Å². The molecule has 148 valence electrons. The van der Waals surface area contributed by atoms with E-state index in [-0.39, 0.29) is 5.92 Å². The van der Waals surface area contributed by atoms with E-state index in [0.717, 1.165) is 49.1 Å². The van der Waals surface area contributed by atoms with Gasteiger partial charge < -0.3 is 4.90 Å². The van der Waals surface area contributed by atoms with Crippen molar-refractivity contribution in [1.82, 2.24) is 29.3 Å². The zero-order chi connectivity index (χ0) is 19.9. The zero-order valence-corrected chi connectivity index (χ0v) is 15.1. The molecule has 1 fully saturated rings. The maximum Gasteiger partial charge on any atom is 0.433 e. The molecule has 0 spiro atoms. The van der Waals surface area contributed by atoms with Crippen molar-refractivity contribution in [3.63, 3.8) is 0 Å². The molecule has 8 nitrogen and oxygen atoms in total. The predicted molar refractivity (Wildman–Crippen MR) is 94.7 cm³/mol. The first kappa shape index (κ1) is 18.4. The van der Waals surface area contributed by atoms with Crippen LogP contribution in [0.15, 0.2) is 29.7 Å². The number of halogens is 3. The monoisotopic (exact) mass is 393 g/mol. The van der Waals surface area contributed by atoms with Gasteiger partial charge >= 0.3 is 6.18 Å². The second-order valence-electron chi connectivity index (χ2n) is 6.90. The number of piperidine rings is 1. The highest BCUT2D eigenvalue weighted by Crippen LogP contribution is 2.28. The van der Waals surface area contributed by atoms with E-state index in [1.165, 1.54) is 10.9 Å². The summed E-state index contributed by atoms with van der Waals surface area (Å²) in [4.78, 5) is 26.1. The van der Waals surface area contributed by atoms with Gasteiger partial charge in [0.15, 0.2) is 11.3 Å². The Morgan fingerprint density at radius 1 is 1.18 bits per heavy atom. The molecule has 0 saturated carbocycles. The van der Waals surface area contributed by atoms with E-state index in [1.807, 2.05) is 7.05 Å². The van der Waals surface area contributed by atoms with Gasteiger partial charge in [0.05, 0.1) is 17.9 Å². The van der Waals surface area contributed by atoms with Crippen LogP contribution in [0.3, 0.4) is 0 Å². The number of alkyl halides is 3. The van der Waals surface area contributed by atoms with Crippen LogP contribution >= 0.6 is 0 Å². The number of hydrogen-bond donors (Lipinski definition) is 0. The fourth-order valence-electron chi connectivity index (χ4n) is 3.53. The molecule has 0 unspecified atom stereocenters. The van der Waals surface area contributed by atoms with Crippen LogP contribution in [0, 0.1) is 5.92 Å². The van der Waals surface area contributed by atoms with Gasteiger partial charge in [-0.1, -0.05) is 0 Å². The minimum absolute atomic E-state index is 0.179. The lowest BCUT2D eigenvalue weighted by atomic mass is 9.96. The van der Waals surface area contributed by atoms with Crippen LogP contribution in [-0.4, -0.2) is 42.4 Å². The zero-order valence-electron chi connectivity index (χ0n) is 15.1. The quantitative estimate of drug-likeness (QED) is 0.676. The summed E-state index contributed by atoms with van der Waals surface area (Å²) in [5.41, 5.74) is -1.08. The number of rotatable bonds is 3. The molecule has 3 aromatic heterocycles. The van der Waals surface area contributed by atoms with Crippen LogP contribution in [0.4, 0.5) is 19.0 Å². The van der Waals surface area contributed by atoms with Crippen molar-refractivity contribution in [2.45, 2.75) is 25.6 Å². The Labute approximate surface area is 157 Å². The highest BCUT2D eigenvalue weighted by atomic mass is 19.4. The van der Waals surface area contributed by atoms with Gasteiger partial charge in [0.25, 0.3) is 5.56 Å². The molecule has 28 heavy (non-hydrogen) atoms. The van der Waals surface area contributed by atoms with Crippen LogP contribution in [0.1, 0.15) is 18.5 Å². The van der Waals surface area contributed by atoms with E-state index in [9.17, 15) is 18.0 Å². The Balaban J connectivity index is 1.44. The summed E-state index contributed by atoms with van der Waals surface area (Å²) in [6.07, 6.45) is 1.21. The third kappa shape index (κ3) is 3.43. The highest BCUT2D eigenvalue weighted by molar-refractivity contribution is 5.86. The lowest BCUT2D eigenvalue weighted by molar-refractivity contribution is -0.141. The van der Waals surface area contributed by atoms with Crippen molar-refractivity contribution in [1.29, 1.82) is 0 Å². The minimum atomic E-state index is -4.61. The second kappa shape index (κ2) is 6.88. The molecule has 1 aliphatic heterocycles. The molecule has 0 N–H and O–H groups in total. The fraction of sp³-hybridized carbons (Fsp3) is 0.471. The first-order valence-electron chi connectivity index (χ1n) is 8.84. The summed E-state index contributed by atoms with van der Waals surface area (Å²) in [6, 6.07) is 0.551. The average molecular weight is 393 g/mol. The van der Waals surface area contributed by atoms with Gasteiger partial charge in [0.2, 0.25) is 0 Å². The van der Waals surface area contributed by atoms with Crippen LogP contribution in [-0.2, 0) is 19.8 Å². The Bertz CT molecular complexity index is 1050. The standard InChI is InChI=1S/C17H18F3N7O/c1-25-15-12(7-24-25)16(22-9-21-15)26-4-2-11(3-5-26)8-27-10-23-13(6-14(27)28)17(18,19)20/h6-7,9-11H,2-5,8H2,1H3. The number of fused-ring (bicyclic) bond motifs is 1. The molecular weight excluding hydrogens is 375 g/mol. The number of aryl methyl sites for hydroxylation is 1.